The van der Waals surface area contributed by atoms with Gasteiger partial charge in [-0.05, 0) is 58.7 Å². The van der Waals surface area contributed by atoms with Gasteiger partial charge in [-0.1, -0.05) is 6.07 Å². The average molecular weight is 381 g/mol. The number of sulfonamides is 1. The van der Waals surface area contributed by atoms with E-state index < -0.39 is 26.0 Å². The zero-order chi connectivity index (χ0) is 19.8. The van der Waals surface area contributed by atoms with Crippen LogP contribution < -0.4 is 5.32 Å². The number of amidine groups is 1. The quantitative estimate of drug-likeness (QED) is 0.831. The number of rotatable bonds is 4. The number of nitrogens with zero attached hydrogens (tertiary/aromatic N) is 2. The minimum Gasteiger partial charge on any atom is -0.457 e. The molecule has 0 unspecified atom stereocenters. The monoisotopic (exact) mass is 381 g/mol. The molecule has 0 saturated heterocycles. The maximum Gasteiger partial charge on any atom is 0.305 e. The molecule has 144 valence electrons. The van der Waals surface area contributed by atoms with E-state index >= 15 is 0 Å². The SMILES string of the molecule is CC(C)(O)C/C(=C/NC1=NS(=O)(=O)C(C)(C)C(C)(C)O1)c1cccnc1. The van der Waals surface area contributed by atoms with Crippen molar-refractivity contribution in [2.45, 2.75) is 63.9 Å². The van der Waals surface area contributed by atoms with Crippen molar-refractivity contribution in [3.05, 3.63) is 36.3 Å². The Kier molecular flexibility index (Phi) is 5.22. The maximum absolute atomic E-state index is 12.5. The Bertz CT molecular complexity index is 820. The highest BCUT2D eigenvalue weighted by Gasteiger charge is 2.53. The highest BCUT2D eigenvalue weighted by molar-refractivity contribution is 7.91. The van der Waals surface area contributed by atoms with Gasteiger partial charge in [0.2, 0.25) is 0 Å². The lowest BCUT2D eigenvalue weighted by Gasteiger charge is -2.42. The summed E-state index contributed by atoms with van der Waals surface area (Å²) in [6.45, 7) is 10.00. The highest BCUT2D eigenvalue weighted by atomic mass is 32.2. The van der Waals surface area contributed by atoms with Crippen LogP contribution in [0.1, 0.15) is 53.5 Å². The van der Waals surface area contributed by atoms with Crippen LogP contribution in [0.25, 0.3) is 5.57 Å². The lowest BCUT2D eigenvalue weighted by atomic mass is 9.93. The van der Waals surface area contributed by atoms with Crippen molar-refractivity contribution in [3.63, 3.8) is 0 Å². The molecule has 0 aromatic carbocycles. The Balaban J connectivity index is 2.37. The number of hydrogen-bond acceptors (Lipinski definition) is 6. The molecule has 1 aromatic rings. The van der Waals surface area contributed by atoms with Crippen LogP contribution in [0.3, 0.4) is 0 Å². The van der Waals surface area contributed by atoms with Crippen LogP contribution >= 0.6 is 0 Å². The summed E-state index contributed by atoms with van der Waals surface area (Å²) in [7, 11) is -3.76. The van der Waals surface area contributed by atoms with Crippen LogP contribution in [0.5, 0.6) is 0 Å². The number of hydrogen-bond donors (Lipinski definition) is 2. The molecule has 2 N–H and O–H groups in total. The Morgan fingerprint density at radius 2 is 2.00 bits per heavy atom. The van der Waals surface area contributed by atoms with Gasteiger partial charge in [0.1, 0.15) is 10.3 Å². The first-order chi connectivity index (χ1) is 11.8. The van der Waals surface area contributed by atoms with Gasteiger partial charge in [0.15, 0.2) is 0 Å². The molecule has 0 atom stereocenters. The molecular formula is C18H27N3O4S. The van der Waals surface area contributed by atoms with Crippen molar-refractivity contribution >= 4 is 21.6 Å². The molecular weight excluding hydrogens is 354 g/mol. The van der Waals surface area contributed by atoms with Gasteiger partial charge >= 0.3 is 6.02 Å². The molecule has 0 spiro atoms. The number of nitrogens with one attached hydrogen (secondary N) is 1. The summed E-state index contributed by atoms with van der Waals surface area (Å²) in [6, 6.07) is 3.56. The predicted octanol–water partition coefficient (Wildman–Crippen LogP) is 2.45. The van der Waals surface area contributed by atoms with Crippen molar-refractivity contribution in [2.24, 2.45) is 4.40 Å². The molecule has 1 aromatic heterocycles. The van der Waals surface area contributed by atoms with Gasteiger partial charge in [-0.2, -0.15) is 0 Å². The van der Waals surface area contributed by atoms with Gasteiger partial charge in [0.25, 0.3) is 10.0 Å². The van der Waals surface area contributed by atoms with Gasteiger partial charge in [-0.3, -0.25) is 4.98 Å². The molecule has 0 amide bonds. The standard InChI is InChI=1S/C18H27N3O4S/c1-16(2,22)10-14(13-8-7-9-19-11-13)12-20-15-21-26(23,24)18(5,6)17(3,4)25-15/h7-9,11-12,22H,10H2,1-6H3,(H,20,21)/b14-12-. The second-order valence-electron chi connectivity index (χ2n) is 8.04. The summed E-state index contributed by atoms with van der Waals surface area (Å²) in [5.41, 5.74) is -0.363. The van der Waals surface area contributed by atoms with Gasteiger partial charge in [0.05, 0.1) is 5.60 Å². The van der Waals surface area contributed by atoms with Crippen molar-refractivity contribution in [2.75, 3.05) is 0 Å². The summed E-state index contributed by atoms with van der Waals surface area (Å²) in [5, 5.41) is 13.0. The minimum absolute atomic E-state index is 0.0912. The molecule has 0 fully saturated rings. The molecule has 2 heterocycles. The van der Waals surface area contributed by atoms with Crippen LogP contribution in [0.4, 0.5) is 0 Å². The maximum atomic E-state index is 12.5. The van der Waals surface area contributed by atoms with Gasteiger partial charge in [-0.15, -0.1) is 4.40 Å². The molecule has 1 aliphatic rings. The van der Waals surface area contributed by atoms with E-state index in [1.807, 2.05) is 6.07 Å². The van der Waals surface area contributed by atoms with Crippen molar-refractivity contribution in [1.29, 1.82) is 0 Å². The number of aliphatic hydroxyl groups is 1. The highest BCUT2D eigenvalue weighted by Crippen LogP contribution is 2.37. The smallest absolute Gasteiger partial charge is 0.305 e. The summed E-state index contributed by atoms with van der Waals surface area (Å²) in [4.78, 5) is 4.09. The van der Waals surface area contributed by atoms with E-state index in [0.29, 0.717) is 6.42 Å². The summed E-state index contributed by atoms with van der Waals surface area (Å²) >= 11 is 0. The fourth-order valence-electron chi connectivity index (χ4n) is 2.38. The summed E-state index contributed by atoms with van der Waals surface area (Å²) < 4.78 is 33.4. The van der Waals surface area contributed by atoms with Crippen LogP contribution in [-0.4, -0.2) is 40.5 Å². The molecule has 0 bridgehead atoms. The molecule has 26 heavy (non-hydrogen) atoms. The van der Waals surface area contributed by atoms with Crippen LogP contribution in [0.2, 0.25) is 0 Å². The second kappa shape index (κ2) is 6.66. The topological polar surface area (TPSA) is 101 Å². The number of pyridine rings is 1. The molecule has 1 aliphatic heterocycles. The van der Waals surface area contributed by atoms with E-state index in [0.717, 1.165) is 11.1 Å². The Hall–Kier alpha value is -1.93. The molecule has 0 saturated carbocycles. The van der Waals surface area contributed by atoms with Gasteiger partial charge < -0.3 is 15.2 Å². The Morgan fingerprint density at radius 3 is 2.50 bits per heavy atom. The minimum atomic E-state index is -3.76. The van der Waals surface area contributed by atoms with E-state index in [1.54, 1.807) is 66.2 Å². The lowest BCUT2D eigenvalue weighted by Crippen LogP contribution is -2.57. The van der Waals surface area contributed by atoms with Crippen LogP contribution in [0.15, 0.2) is 35.1 Å². The van der Waals surface area contributed by atoms with E-state index in [1.165, 1.54) is 0 Å². The Labute approximate surface area is 155 Å². The number of ether oxygens (including phenoxy) is 1. The molecule has 0 radical (unpaired) electrons. The lowest BCUT2D eigenvalue weighted by molar-refractivity contribution is 0.0502. The third kappa shape index (κ3) is 4.24. The van der Waals surface area contributed by atoms with Crippen molar-refractivity contribution < 1.29 is 18.3 Å². The van der Waals surface area contributed by atoms with E-state index in [2.05, 4.69) is 14.7 Å². The fraction of sp³-hybridized carbons (Fsp3) is 0.556. The molecule has 2 rings (SSSR count). The molecule has 0 aliphatic carbocycles. The molecule has 8 heteroatoms. The Morgan fingerprint density at radius 1 is 1.35 bits per heavy atom. The zero-order valence-corrected chi connectivity index (χ0v) is 16.9. The average Bonchev–Trinajstić information content (AvgIpc) is 2.49. The third-order valence-corrected chi connectivity index (χ3v) is 6.86. The van der Waals surface area contributed by atoms with E-state index in [-0.39, 0.29) is 6.02 Å². The normalized spacial score (nSPS) is 21.5. The van der Waals surface area contributed by atoms with E-state index in [4.69, 9.17) is 4.74 Å². The van der Waals surface area contributed by atoms with Crippen LogP contribution in [0, 0.1) is 0 Å². The van der Waals surface area contributed by atoms with Gasteiger partial charge in [-0.25, -0.2) is 8.42 Å². The summed E-state index contributed by atoms with van der Waals surface area (Å²) in [6.07, 6.45) is 5.26. The third-order valence-electron chi connectivity index (χ3n) is 4.67. The van der Waals surface area contributed by atoms with Crippen LogP contribution in [-0.2, 0) is 14.8 Å². The van der Waals surface area contributed by atoms with Gasteiger partial charge in [0, 0.05) is 25.0 Å². The fourth-order valence-corrected chi connectivity index (χ4v) is 3.58. The largest absolute Gasteiger partial charge is 0.457 e. The first kappa shape index (κ1) is 20.4. The first-order valence-electron chi connectivity index (χ1n) is 8.37. The molecule has 7 nitrogen and oxygen atoms in total. The zero-order valence-electron chi connectivity index (χ0n) is 16.1. The predicted molar refractivity (Wildman–Crippen MR) is 102 cm³/mol. The van der Waals surface area contributed by atoms with Crippen molar-refractivity contribution in [3.8, 4) is 0 Å². The summed E-state index contributed by atoms with van der Waals surface area (Å²) in [5.74, 6) is 0. The van der Waals surface area contributed by atoms with Crippen molar-refractivity contribution in [1.82, 2.24) is 10.3 Å². The second-order valence-corrected chi connectivity index (χ2v) is 10.2. The first-order valence-corrected chi connectivity index (χ1v) is 9.81. The number of aromatic nitrogens is 1. The van der Waals surface area contributed by atoms with E-state index in [9.17, 15) is 13.5 Å².